The van der Waals surface area contributed by atoms with Crippen LogP contribution in [0.2, 0.25) is 0 Å². The van der Waals surface area contributed by atoms with Crippen LogP contribution in [-0.2, 0) is 9.59 Å². The monoisotopic (exact) mass is 437 g/mol. The molecule has 1 aliphatic heterocycles. The number of nitrogens with zero attached hydrogens (tertiary/aromatic N) is 3. The molecule has 31 heavy (non-hydrogen) atoms. The number of ketones is 1. The van der Waals surface area contributed by atoms with Gasteiger partial charge in [-0.3, -0.25) is 4.79 Å². The van der Waals surface area contributed by atoms with Gasteiger partial charge in [0.05, 0.1) is 0 Å². The number of nitrogens with two attached hydrogens (primary N) is 1. The molecule has 3 aromatic rings. The molecule has 0 amide bonds. The van der Waals surface area contributed by atoms with E-state index in [4.69, 9.17) is 15.6 Å². The highest BCUT2D eigenvalue weighted by atomic mass is 32.1. The maximum atomic E-state index is 13.3. The zero-order chi connectivity index (χ0) is 21.5. The molecule has 0 saturated heterocycles. The number of carbonyl (C=O) groups is 2. The van der Waals surface area contributed by atoms with Gasteiger partial charge < -0.3 is 20.9 Å². The standard InChI is InChI=1S/C21H19N5O4S/c22-20-24-21-23-14-8-12(16-2-1-7-31-16)9-15(27)18(14)19(26(21)25-20)11-3-5-13(6-4-11)30-10-17(28)29/h1-7,12,19H,8-10H2,(H,28,29)(H3,22,23,24,25). The smallest absolute Gasteiger partial charge is 0.341 e. The number of allylic oxidation sites excluding steroid dienone is 2. The van der Waals surface area contributed by atoms with Gasteiger partial charge in [0.25, 0.3) is 0 Å². The van der Waals surface area contributed by atoms with Crippen molar-refractivity contribution in [3.8, 4) is 5.75 Å². The zero-order valence-electron chi connectivity index (χ0n) is 16.3. The second-order valence-electron chi connectivity index (χ2n) is 7.45. The Morgan fingerprint density at radius 2 is 2.10 bits per heavy atom. The Morgan fingerprint density at radius 1 is 1.29 bits per heavy atom. The van der Waals surface area contributed by atoms with Crippen LogP contribution in [0.1, 0.15) is 35.2 Å². The summed E-state index contributed by atoms with van der Waals surface area (Å²) in [6.07, 6.45) is 1.13. The third kappa shape index (κ3) is 3.55. The van der Waals surface area contributed by atoms with Gasteiger partial charge in [0.1, 0.15) is 11.8 Å². The van der Waals surface area contributed by atoms with Crippen molar-refractivity contribution in [2.45, 2.75) is 24.8 Å². The lowest BCUT2D eigenvalue weighted by Gasteiger charge is -2.34. The molecule has 2 atom stereocenters. The number of aliphatic carboxylic acids is 1. The quantitative estimate of drug-likeness (QED) is 0.555. The number of Topliss-reactive ketones (excluding diaryl/α,β-unsaturated/α-hetero) is 1. The summed E-state index contributed by atoms with van der Waals surface area (Å²) in [5.41, 5.74) is 8.17. The van der Waals surface area contributed by atoms with Crippen molar-refractivity contribution in [3.63, 3.8) is 0 Å². The number of hydrogen-bond donors (Lipinski definition) is 3. The predicted octanol–water partition coefficient (Wildman–Crippen LogP) is 2.80. The minimum absolute atomic E-state index is 0.0584. The van der Waals surface area contributed by atoms with E-state index in [1.165, 1.54) is 4.88 Å². The van der Waals surface area contributed by atoms with Gasteiger partial charge in [-0.25, -0.2) is 9.48 Å². The largest absolute Gasteiger partial charge is 0.482 e. The lowest BCUT2D eigenvalue weighted by Crippen LogP contribution is -2.33. The van der Waals surface area contributed by atoms with Crippen molar-refractivity contribution in [2.24, 2.45) is 0 Å². The molecule has 158 valence electrons. The number of fused-ring (bicyclic) bond motifs is 1. The molecular formula is C21H19N5O4S. The minimum atomic E-state index is -1.05. The second kappa shape index (κ2) is 7.55. The molecule has 0 radical (unpaired) electrons. The number of ether oxygens (including phenoxy) is 1. The summed E-state index contributed by atoms with van der Waals surface area (Å²) in [5, 5.41) is 18.4. The van der Waals surface area contributed by atoms with Crippen LogP contribution >= 0.6 is 11.3 Å². The first kappa shape index (κ1) is 19.3. The summed E-state index contributed by atoms with van der Waals surface area (Å²) in [6, 6.07) is 10.6. The number of carboxylic acids is 1. The summed E-state index contributed by atoms with van der Waals surface area (Å²) in [4.78, 5) is 29.5. The van der Waals surface area contributed by atoms with Crippen molar-refractivity contribution < 1.29 is 19.4 Å². The van der Waals surface area contributed by atoms with Crippen LogP contribution in [-0.4, -0.2) is 38.2 Å². The molecular weight excluding hydrogens is 418 g/mol. The molecule has 3 heterocycles. The lowest BCUT2D eigenvalue weighted by atomic mass is 9.80. The molecule has 5 rings (SSSR count). The Kier molecular flexibility index (Phi) is 4.70. The van der Waals surface area contributed by atoms with Gasteiger partial charge in [-0.05, 0) is 35.6 Å². The van der Waals surface area contributed by atoms with E-state index in [2.05, 4.69) is 21.5 Å². The van der Waals surface area contributed by atoms with Gasteiger partial charge in [-0.15, -0.1) is 16.4 Å². The van der Waals surface area contributed by atoms with Crippen LogP contribution in [0.4, 0.5) is 11.9 Å². The van der Waals surface area contributed by atoms with Crippen molar-refractivity contribution >= 4 is 35.0 Å². The van der Waals surface area contributed by atoms with E-state index in [1.807, 2.05) is 11.4 Å². The van der Waals surface area contributed by atoms with Gasteiger partial charge in [-0.1, -0.05) is 18.2 Å². The second-order valence-corrected chi connectivity index (χ2v) is 8.43. The highest BCUT2D eigenvalue weighted by Gasteiger charge is 2.39. The van der Waals surface area contributed by atoms with E-state index in [-0.39, 0.29) is 17.6 Å². The van der Waals surface area contributed by atoms with Crippen molar-refractivity contribution in [1.29, 1.82) is 0 Å². The van der Waals surface area contributed by atoms with E-state index in [0.717, 1.165) is 11.3 Å². The maximum absolute atomic E-state index is 13.3. The molecule has 1 aromatic carbocycles. The number of rotatable bonds is 5. The molecule has 9 nitrogen and oxygen atoms in total. The number of anilines is 2. The van der Waals surface area contributed by atoms with E-state index in [9.17, 15) is 9.59 Å². The van der Waals surface area contributed by atoms with Crippen LogP contribution < -0.4 is 15.8 Å². The Balaban J connectivity index is 1.53. The normalized spacial score (nSPS) is 20.1. The molecule has 2 aliphatic rings. The van der Waals surface area contributed by atoms with Gasteiger partial charge in [0, 0.05) is 28.5 Å². The highest BCUT2D eigenvalue weighted by molar-refractivity contribution is 7.10. The molecule has 2 aromatic heterocycles. The van der Waals surface area contributed by atoms with E-state index < -0.39 is 18.6 Å². The fourth-order valence-corrected chi connectivity index (χ4v) is 4.98. The Hall–Kier alpha value is -3.66. The fraction of sp³-hybridized carbons (Fsp3) is 0.238. The van der Waals surface area contributed by atoms with Crippen molar-refractivity contribution in [3.05, 3.63) is 63.5 Å². The zero-order valence-corrected chi connectivity index (χ0v) is 17.1. The van der Waals surface area contributed by atoms with Gasteiger partial charge in [-0.2, -0.15) is 4.98 Å². The molecule has 1 aliphatic carbocycles. The Bertz CT molecular complexity index is 1180. The third-order valence-corrected chi connectivity index (χ3v) is 6.47. The van der Waals surface area contributed by atoms with Crippen LogP contribution in [0.15, 0.2) is 53.0 Å². The number of nitrogen functional groups attached to an aromatic ring is 1. The first-order chi connectivity index (χ1) is 15.0. The topological polar surface area (TPSA) is 132 Å². The van der Waals surface area contributed by atoms with E-state index in [0.29, 0.717) is 30.1 Å². The van der Waals surface area contributed by atoms with Gasteiger partial charge in [0.15, 0.2) is 12.4 Å². The Morgan fingerprint density at radius 3 is 2.81 bits per heavy atom. The summed E-state index contributed by atoms with van der Waals surface area (Å²) in [6.45, 7) is -0.422. The average Bonchev–Trinajstić information content (AvgIpc) is 3.40. The first-order valence-corrected chi connectivity index (χ1v) is 10.6. The summed E-state index contributed by atoms with van der Waals surface area (Å²) >= 11 is 1.65. The number of thiophene rings is 1. The number of carbonyl (C=O) groups excluding carboxylic acids is 1. The summed E-state index contributed by atoms with van der Waals surface area (Å²) in [5.74, 6) is 0.178. The number of carboxylic acid groups (broad SMARTS) is 1. The average molecular weight is 437 g/mol. The molecule has 0 fully saturated rings. The maximum Gasteiger partial charge on any atom is 0.341 e. The van der Waals surface area contributed by atoms with Crippen LogP contribution in [0.5, 0.6) is 5.75 Å². The van der Waals surface area contributed by atoms with Gasteiger partial charge >= 0.3 is 5.97 Å². The number of nitrogens with one attached hydrogen (secondary N) is 1. The first-order valence-electron chi connectivity index (χ1n) is 9.73. The van der Waals surface area contributed by atoms with E-state index >= 15 is 0 Å². The molecule has 0 bridgehead atoms. The number of hydrogen-bond acceptors (Lipinski definition) is 8. The molecule has 10 heteroatoms. The van der Waals surface area contributed by atoms with Crippen LogP contribution in [0.3, 0.4) is 0 Å². The molecule has 0 spiro atoms. The van der Waals surface area contributed by atoms with Gasteiger partial charge in [0.2, 0.25) is 11.9 Å². The minimum Gasteiger partial charge on any atom is -0.482 e. The highest BCUT2D eigenvalue weighted by Crippen LogP contribution is 2.45. The fourth-order valence-electron chi connectivity index (χ4n) is 4.15. The van der Waals surface area contributed by atoms with Crippen molar-refractivity contribution in [1.82, 2.24) is 14.8 Å². The number of benzene rings is 1. The van der Waals surface area contributed by atoms with Crippen LogP contribution in [0.25, 0.3) is 0 Å². The summed E-state index contributed by atoms with van der Waals surface area (Å²) in [7, 11) is 0. The van der Waals surface area contributed by atoms with Crippen molar-refractivity contribution in [2.75, 3.05) is 17.7 Å². The lowest BCUT2D eigenvalue weighted by molar-refractivity contribution is -0.139. The number of aromatic nitrogens is 3. The third-order valence-electron chi connectivity index (χ3n) is 5.44. The predicted molar refractivity (Wildman–Crippen MR) is 114 cm³/mol. The Labute approximate surface area is 181 Å². The summed E-state index contributed by atoms with van der Waals surface area (Å²) < 4.78 is 6.85. The van der Waals surface area contributed by atoms with E-state index in [1.54, 1.807) is 40.3 Å². The molecule has 2 unspecified atom stereocenters. The SMILES string of the molecule is Nc1nc2n(n1)C(c1ccc(OCC(=O)O)cc1)C1=C(CC(c3cccs3)CC1=O)N2. The van der Waals surface area contributed by atoms with Crippen LogP contribution in [0, 0.1) is 0 Å². The molecule has 4 N–H and O–H groups in total. The molecule has 0 saturated carbocycles.